The van der Waals surface area contributed by atoms with E-state index in [1.54, 1.807) is 34.4 Å². The number of nitrogens with one attached hydrogen (secondary N) is 2. The molecule has 2 heterocycles. The van der Waals surface area contributed by atoms with Crippen LogP contribution in [0.3, 0.4) is 0 Å². The number of rotatable bonds is 10. The summed E-state index contributed by atoms with van der Waals surface area (Å²) in [6, 6.07) is 8.18. The Labute approximate surface area is 269 Å². The topological polar surface area (TPSA) is 117 Å². The molecule has 1 saturated heterocycles. The van der Waals surface area contributed by atoms with Crippen molar-refractivity contribution in [3.63, 3.8) is 0 Å². The summed E-state index contributed by atoms with van der Waals surface area (Å²) >= 11 is 7.98. The van der Waals surface area contributed by atoms with E-state index in [9.17, 15) is 14.4 Å². The van der Waals surface area contributed by atoms with Crippen LogP contribution in [-0.2, 0) is 22.7 Å². The first-order valence-electron chi connectivity index (χ1n) is 16.2. The van der Waals surface area contributed by atoms with Gasteiger partial charge in [-0.2, -0.15) is 0 Å². The summed E-state index contributed by atoms with van der Waals surface area (Å²) in [5.41, 5.74) is 6.45. The van der Waals surface area contributed by atoms with E-state index in [2.05, 4.69) is 10.6 Å². The summed E-state index contributed by atoms with van der Waals surface area (Å²) in [7, 11) is 0. The molecule has 2 saturated carbocycles. The Morgan fingerprint density at radius 2 is 1.75 bits per heavy atom. The van der Waals surface area contributed by atoms with E-state index in [1.165, 1.54) is 43.4 Å². The molecular formula is C33H46ClN5O4S. The zero-order valence-electron chi connectivity index (χ0n) is 25.5. The van der Waals surface area contributed by atoms with Crippen LogP contribution < -0.4 is 21.1 Å². The monoisotopic (exact) mass is 643 g/mol. The lowest BCUT2D eigenvalue weighted by atomic mass is 9.83. The van der Waals surface area contributed by atoms with E-state index >= 15 is 0 Å². The molecule has 0 spiro atoms. The van der Waals surface area contributed by atoms with E-state index in [4.69, 9.17) is 22.1 Å². The fourth-order valence-corrected chi connectivity index (χ4v) is 7.73. The van der Waals surface area contributed by atoms with Crippen LogP contribution in [0.2, 0.25) is 5.02 Å². The van der Waals surface area contributed by atoms with E-state index in [0.717, 1.165) is 37.0 Å². The van der Waals surface area contributed by atoms with Crippen molar-refractivity contribution in [2.75, 3.05) is 19.6 Å². The third-order valence-corrected chi connectivity index (χ3v) is 10.6. The maximum Gasteiger partial charge on any atom is 0.415 e. The number of amides is 3. The van der Waals surface area contributed by atoms with Gasteiger partial charge in [0.2, 0.25) is 11.8 Å². The Morgan fingerprint density at radius 1 is 1.00 bits per heavy atom. The standard InChI is InChI=1S/C33H46ClN5O4S/c34-30-24(20-35)11-7-15-29(30)43-33(42)38-16-17-39(28(22-38)31(40)36-21-26-14-8-18-44-26)32(41)27(19-23-9-3-1-4-10-23)37-25-12-5-2-6-13-25/h7-8,11,14-15,18,23,25,27-28,37H,1-6,9-10,12-13,16-17,19-22,35H2,(H,36,40)/t27-,28+/m1/s1. The Kier molecular flexibility index (Phi) is 11.9. The molecule has 44 heavy (non-hydrogen) atoms. The highest BCUT2D eigenvalue weighted by Gasteiger charge is 2.41. The molecular weight excluding hydrogens is 598 g/mol. The van der Waals surface area contributed by atoms with Crippen LogP contribution in [0.4, 0.5) is 4.79 Å². The quantitative estimate of drug-likeness (QED) is 0.317. The zero-order chi connectivity index (χ0) is 30.9. The van der Waals surface area contributed by atoms with Crippen molar-refractivity contribution in [1.29, 1.82) is 0 Å². The van der Waals surface area contributed by atoms with Gasteiger partial charge in [0.25, 0.3) is 0 Å². The first-order chi connectivity index (χ1) is 21.4. The molecule has 3 fully saturated rings. The van der Waals surface area contributed by atoms with Gasteiger partial charge in [-0.25, -0.2) is 4.79 Å². The predicted molar refractivity (Wildman–Crippen MR) is 174 cm³/mol. The van der Waals surface area contributed by atoms with Crippen molar-refractivity contribution < 1.29 is 19.1 Å². The molecule has 3 aliphatic rings. The second kappa shape index (κ2) is 16.1. The summed E-state index contributed by atoms with van der Waals surface area (Å²) < 4.78 is 5.67. The fraction of sp³-hybridized carbons (Fsp3) is 0.606. The second-order valence-electron chi connectivity index (χ2n) is 12.4. The van der Waals surface area contributed by atoms with Crippen LogP contribution in [0.5, 0.6) is 5.75 Å². The van der Waals surface area contributed by atoms with E-state index < -0.39 is 12.1 Å². The lowest BCUT2D eigenvalue weighted by molar-refractivity contribution is -0.145. The van der Waals surface area contributed by atoms with E-state index in [1.807, 2.05) is 17.5 Å². The molecule has 1 aliphatic heterocycles. The molecule has 2 atom stereocenters. The Bertz CT molecular complexity index is 1230. The van der Waals surface area contributed by atoms with E-state index in [-0.39, 0.29) is 49.8 Å². The fourth-order valence-electron chi connectivity index (χ4n) is 6.84. The van der Waals surface area contributed by atoms with Gasteiger partial charge in [0.05, 0.1) is 24.2 Å². The Hall–Kier alpha value is -2.66. The van der Waals surface area contributed by atoms with Crippen molar-refractivity contribution in [1.82, 2.24) is 20.4 Å². The number of benzene rings is 1. The predicted octanol–water partition coefficient (Wildman–Crippen LogP) is 5.45. The van der Waals surface area contributed by atoms with Crippen LogP contribution in [0.1, 0.15) is 81.1 Å². The number of carbonyl (C=O) groups is 3. The van der Waals surface area contributed by atoms with Crippen molar-refractivity contribution in [2.45, 2.75) is 102 Å². The molecule has 3 amide bonds. The SMILES string of the molecule is NCc1cccc(OC(=O)N2CCN(C(=O)[C@@H](CC3CCCCC3)NC3CCCCC3)[C@H](C(=O)NCc3cccs3)C2)c1Cl. The number of nitrogens with zero attached hydrogens (tertiary/aromatic N) is 2. The maximum atomic E-state index is 14.4. The maximum absolute atomic E-state index is 14.4. The number of ether oxygens (including phenoxy) is 1. The van der Waals surface area contributed by atoms with Gasteiger partial charge >= 0.3 is 6.09 Å². The molecule has 5 rings (SSSR count). The van der Waals surface area contributed by atoms with E-state index in [0.29, 0.717) is 29.1 Å². The lowest BCUT2D eigenvalue weighted by Crippen LogP contribution is -2.64. The largest absolute Gasteiger partial charge is 0.415 e. The number of hydrogen-bond acceptors (Lipinski definition) is 7. The Balaban J connectivity index is 1.33. The average Bonchev–Trinajstić information content (AvgIpc) is 3.58. The van der Waals surface area contributed by atoms with Crippen LogP contribution in [0.15, 0.2) is 35.7 Å². The molecule has 9 nitrogen and oxygen atoms in total. The van der Waals surface area contributed by atoms with Gasteiger partial charge < -0.3 is 30.9 Å². The summed E-state index contributed by atoms with van der Waals surface area (Å²) in [6.45, 7) is 1.12. The minimum Gasteiger partial charge on any atom is -0.409 e. The molecule has 240 valence electrons. The molecule has 2 aromatic rings. The zero-order valence-corrected chi connectivity index (χ0v) is 27.1. The highest BCUT2D eigenvalue weighted by atomic mass is 35.5. The normalized spacial score (nSPS) is 20.7. The van der Waals surface area contributed by atoms with Gasteiger partial charge in [-0.05, 0) is 48.3 Å². The molecule has 1 aromatic carbocycles. The second-order valence-corrected chi connectivity index (χ2v) is 13.8. The van der Waals surface area contributed by atoms with Gasteiger partial charge in [0.1, 0.15) is 6.04 Å². The highest BCUT2D eigenvalue weighted by molar-refractivity contribution is 7.09. The minimum absolute atomic E-state index is 0.0363. The molecule has 0 radical (unpaired) electrons. The molecule has 0 bridgehead atoms. The van der Waals surface area contributed by atoms with Gasteiger partial charge in [0.15, 0.2) is 5.75 Å². The van der Waals surface area contributed by atoms with Gasteiger partial charge in [-0.15, -0.1) is 11.3 Å². The lowest BCUT2D eigenvalue weighted by Gasteiger charge is -2.42. The highest BCUT2D eigenvalue weighted by Crippen LogP contribution is 2.31. The number of thiophene rings is 1. The summed E-state index contributed by atoms with van der Waals surface area (Å²) in [5.74, 6) is 0.414. The minimum atomic E-state index is -0.836. The smallest absolute Gasteiger partial charge is 0.409 e. The third-order valence-electron chi connectivity index (χ3n) is 9.34. The number of piperazine rings is 1. The number of nitrogens with two attached hydrogens (primary N) is 1. The first-order valence-corrected chi connectivity index (χ1v) is 17.5. The van der Waals surface area contributed by atoms with Crippen molar-refractivity contribution in [3.8, 4) is 5.75 Å². The number of hydrogen-bond donors (Lipinski definition) is 3. The van der Waals surface area contributed by atoms with Crippen molar-refractivity contribution in [3.05, 3.63) is 51.2 Å². The summed E-state index contributed by atoms with van der Waals surface area (Å²) in [4.78, 5) is 45.7. The molecule has 2 aliphatic carbocycles. The van der Waals surface area contributed by atoms with Crippen LogP contribution in [-0.4, -0.2) is 65.5 Å². The van der Waals surface area contributed by atoms with Crippen molar-refractivity contribution in [2.24, 2.45) is 11.7 Å². The molecule has 0 unspecified atom stereocenters. The average molecular weight is 644 g/mol. The molecule has 1 aromatic heterocycles. The number of carbonyl (C=O) groups excluding carboxylic acids is 3. The molecule has 11 heteroatoms. The third kappa shape index (κ3) is 8.53. The van der Waals surface area contributed by atoms with Crippen LogP contribution >= 0.6 is 22.9 Å². The van der Waals surface area contributed by atoms with Gasteiger partial charge in [-0.3, -0.25) is 9.59 Å². The van der Waals surface area contributed by atoms with Crippen LogP contribution in [0.25, 0.3) is 0 Å². The Morgan fingerprint density at radius 3 is 2.45 bits per heavy atom. The van der Waals surface area contributed by atoms with Gasteiger partial charge in [0, 0.05) is 30.6 Å². The van der Waals surface area contributed by atoms with Crippen molar-refractivity contribution >= 4 is 40.8 Å². The van der Waals surface area contributed by atoms with Crippen LogP contribution in [0, 0.1) is 5.92 Å². The summed E-state index contributed by atoms with van der Waals surface area (Å²) in [5, 5.41) is 9.02. The number of halogens is 1. The summed E-state index contributed by atoms with van der Waals surface area (Å²) in [6.07, 6.45) is 11.9. The molecule has 4 N–H and O–H groups in total. The first kappa shape index (κ1) is 32.7. The van der Waals surface area contributed by atoms with Gasteiger partial charge in [-0.1, -0.05) is 81.2 Å².